The average molecular weight is 327 g/mol. The molecule has 1 nitrogen and oxygen atoms in total. The number of ether oxygens (including phenoxy) is 1. The molecule has 2 rings (SSSR count). The molecule has 19 heavy (non-hydrogen) atoms. The lowest BCUT2D eigenvalue weighted by Gasteiger charge is -2.14. The van der Waals surface area contributed by atoms with Gasteiger partial charge in [0.05, 0.1) is 7.11 Å². The van der Waals surface area contributed by atoms with Gasteiger partial charge in [0.2, 0.25) is 0 Å². The number of halogens is 3. The van der Waals surface area contributed by atoms with E-state index in [1.165, 1.54) is 6.07 Å². The highest BCUT2D eigenvalue weighted by Gasteiger charge is 2.16. The molecule has 0 aromatic heterocycles. The number of benzene rings is 2. The Morgan fingerprint density at radius 3 is 2.58 bits per heavy atom. The van der Waals surface area contributed by atoms with E-state index in [-0.39, 0.29) is 4.83 Å². The van der Waals surface area contributed by atoms with Gasteiger partial charge in [0.1, 0.15) is 5.75 Å². The Balaban J connectivity index is 2.26. The molecular weight excluding hydrogens is 314 g/mol. The van der Waals surface area contributed by atoms with Crippen molar-refractivity contribution in [1.29, 1.82) is 0 Å². The first kappa shape index (κ1) is 14.0. The first-order valence-electron chi connectivity index (χ1n) is 5.83. The van der Waals surface area contributed by atoms with Crippen LogP contribution >= 0.6 is 15.9 Å². The molecule has 0 aliphatic heterocycles. The molecule has 0 spiro atoms. The Bertz CT molecular complexity index is 572. The Morgan fingerprint density at radius 1 is 1.11 bits per heavy atom. The molecule has 0 N–H and O–H groups in total. The number of hydrogen-bond acceptors (Lipinski definition) is 1. The Morgan fingerprint density at radius 2 is 1.84 bits per heavy atom. The molecule has 100 valence electrons. The van der Waals surface area contributed by atoms with Crippen LogP contribution in [-0.2, 0) is 6.42 Å². The summed E-state index contributed by atoms with van der Waals surface area (Å²) in [6.45, 7) is 0. The molecule has 2 aromatic carbocycles. The van der Waals surface area contributed by atoms with Crippen LogP contribution in [-0.4, -0.2) is 7.11 Å². The highest BCUT2D eigenvalue weighted by atomic mass is 79.9. The van der Waals surface area contributed by atoms with Gasteiger partial charge in [0.25, 0.3) is 0 Å². The van der Waals surface area contributed by atoms with E-state index in [2.05, 4.69) is 15.9 Å². The molecular formula is C15H13BrF2O. The monoisotopic (exact) mass is 326 g/mol. The number of hydrogen-bond donors (Lipinski definition) is 0. The summed E-state index contributed by atoms with van der Waals surface area (Å²) in [5, 5.41) is 0. The normalized spacial score (nSPS) is 12.2. The van der Waals surface area contributed by atoms with Gasteiger partial charge in [-0.1, -0.05) is 46.3 Å². The maximum atomic E-state index is 13.6. The van der Waals surface area contributed by atoms with Crippen LogP contribution < -0.4 is 4.74 Å². The van der Waals surface area contributed by atoms with Crippen molar-refractivity contribution in [3.05, 3.63) is 65.2 Å². The van der Waals surface area contributed by atoms with E-state index >= 15 is 0 Å². The molecule has 0 saturated carbocycles. The zero-order chi connectivity index (χ0) is 13.8. The molecule has 0 bridgehead atoms. The second-order valence-electron chi connectivity index (χ2n) is 4.13. The first-order chi connectivity index (χ1) is 9.13. The van der Waals surface area contributed by atoms with Gasteiger partial charge in [-0.15, -0.1) is 0 Å². The number of alkyl halides is 1. The van der Waals surface area contributed by atoms with Crippen LogP contribution in [0.3, 0.4) is 0 Å². The minimum atomic E-state index is -0.822. The molecule has 2 aromatic rings. The van der Waals surface area contributed by atoms with Gasteiger partial charge in [-0.05, 0) is 24.1 Å². The quantitative estimate of drug-likeness (QED) is 0.743. The van der Waals surface area contributed by atoms with E-state index in [1.807, 2.05) is 24.3 Å². The highest BCUT2D eigenvalue weighted by molar-refractivity contribution is 9.09. The van der Waals surface area contributed by atoms with Gasteiger partial charge in [0, 0.05) is 10.4 Å². The van der Waals surface area contributed by atoms with Crippen LogP contribution in [0.5, 0.6) is 5.75 Å². The van der Waals surface area contributed by atoms with Crippen molar-refractivity contribution in [2.75, 3.05) is 7.11 Å². The fourth-order valence-corrected chi connectivity index (χ4v) is 2.66. The molecule has 1 atom stereocenters. The molecule has 0 saturated heterocycles. The third-order valence-electron chi connectivity index (χ3n) is 2.91. The van der Waals surface area contributed by atoms with Gasteiger partial charge in [0.15, 0.2) is 11.6 Å². The molecule has 0 radical (unpaired) electrons. The Hall–Kier alpha value is -1.42. The zero-order valence-electron chi connectivity index (χ0n) is 10.4. The lowest BCUT2D eigenvalue weighted by atomic mass is 10.0. The predicted molar refractivity (Wildman–Crippen MR) is 74.7 cm³/mol. The highest BCUT2D eigenvalue weighted by Crippen LogP contribution is 2.34. The summed E-state index contributed by atoms with van der Waals surface area (Å²) in [6.07, 6.45) is 0.351. The first-order valence-corrected chi connectivity index (χ1v) is 6.75. The van der Waals surface area contributed by atoms with Crippen LogP contribution in [0.2, 0.25) is 0 Å². The largest absolute Gasteiger partial charge is 0.496 e. The van der Waals surface area contributed by atoms with E-state index in [0.717, 1.165) is 17.4 Å². The third kappa shape index (κ3) is 3.13. The molecule has 0 aliphatic carbocycles. The average Bonchev–Trinajstić information content (AvgIpc) is 2.43. The summed E-state index contributed by atoms with van der Waals surface area (Å²) in [6, 6.07) is 11.7. The summed E-state index contributed by atoms with van der Waals surface area (Å²) in [4.78, 5) is -0.139. The van der Waals surface area contributed by atoms with Crippen LogP contribution in [0.15, 0.2) is 42.5 Å². The number of methoxy groups -OCH3 is 1. The van der Waals surface area contributed by atoms with Gasteiger partial charge < -0.3 is 4.74 Å². The lowest BCUT2D eigenvalue weighted by Crippen LogP contribution is -2.01. The topological polar surface area (TPSA) is 9.23 Å². The SMILES string of the molecule is COc1ccccc1C(Br)Cc1cccc(F)c1F. The lowest BCUT2D eigenvalue weighted by molar-refractivity contribution is 0.409. The van der Waals surface area contributed by atoms with E-state index in [1.54, 1.807) is 13.2 Å². The van der Waals surface area contributed by atoms with Crippen molar-refractivity contribution in [2.45, 2.75) is 11.2 Å². The van der Waals surface area contributed by atoms with Crippen molar-refractivity contribution in [3.8, 4) is 5.75 Å². The Kier molecular flexibility index (Phi) is 4.53. The molecule has 0 aliphatic rings. The fraction of sp³-hybridized carbons (Fsp3) is 0.200. The smallest absolute Gasteiger partial charge is 0.162 e. The standard InChI is InChI=1S/C15H13BrF2O/c1-19-14-8-3-2-6-11(14)12(16)9-10-5-4-7-13(17)15(10)18/h2-8,12H,9H2,1H3. The van der Waals surface area contributed by atoms with Crippen molar-refractivity contribution >= 4 is 15.9 Å². The van der Waals surface area contributed by atoms with E-state index in [4.69, 9.17) is 4.74 Å². The van der Waals surface area contributed by atoms with Gasteiger partial charge in [-0.25, -0.2) is 8.78 Å². The Labute approximate surface area is 119 Å². The second-order valence-corrected chi connectivity index (χ2v) is 5.23. The predicted octanol–water partition coefficient (Wildman–Crippen LogP) is 4.65. The van der Waals surface area contributed by atoms with Crippen LogP contribution in [0.4, 0.5) is 8.78 Å². The maximum Gasteiger partial charge on any atom is 0.162 e. The van der Waals surface area contributed by atoms with Gasteiger partial charge in [-0.2, -0.15) is 0 Å². The zero-order valence-corrected chi connectivity index (χ0v) is 12.0. The van der Waals surface area contributed by atoms with Gasteiger partial charge >= 0.3 is 0 Å². The van der Waals surface area contributed by atoms with E-state index < -0.39 is 11.6 Å². The third-order valence-corrected chi connectivity index (χ3v) is 3.72. The van der Waals surface area contributed by atoms with Crippen molar-refractivity contribution < 1.29 is 13.5 Å². The summed E-state index contributed by atoms with van der Waals surface area (Å²) < 4.78 is 32.1. The molecule has 0 fully saturated rings. The van der Waals surface area contributed by atoms with Crippen molar-refractivity contribution in [1.82, 2.24) is 0 Å². The molecule has 0 heterocycles. The number of para-hydroxylation sites is 1. The van der Waals surface area contributed by atoms with Crippen molar-refractivity contribution in [2.24, 2.45) is 0 Å². The summed E-state index contributed by atoms with van der Waals surface area (Å²) in [7, 11) is 1.58. The van der Waals surface area contributed by atoms with E-state index in [0.29, 0.717) is 12.0 Å². The van der Waals surface area contributed by atoms with Gasteiger partial charge in [-0.3, -0.25) is 0 Å². The molecule has 0 amide bonds. The molecule has 1 unspecified atom stereocenters. The fourth-order valence-electron chi connectivity index (χ4n) is 1.93. The van der Waals surface area contributed by atoms with Crippen molar-refractivity contribution in [3.63, 3.8) is 0 Å². The van der Waals surface area contributed by atoms with Crippen LogP contribution in [0.25, 0.3) is 0 Å². The summed E-state index contributed by atoms with van der Waals surface area (Å²) in [5.74, 6) is -0.889. The van der Waals surface area contributed by atoms with Crippen LogP contribution in [0.1, 0.15) is 16.0 Å². The molecule has 4 heteroatoms. The second kappa shape index (κ2) is 6.15. The minimum absolute atomic E-state index is 0.139. The number of rotatable bonds is 4. The minimum Gasteiger partial charge on any atom is -0.496 e. The van der Waals surface area contributed by atoms with Crippen LogP contribution in [0, 0.1) is 11.6 Å². The van der Waals surface area contributed by atoms with E-state index in [9.17, 15) is 8.78 Å². The summed E-state index contributed by atoms with van der Waals surface area (Å²) in [5.41, 5.74) is 1.25. The maximum absolute atomic E-state index is 13.6. The summed E-state index contributed by atoms with van der Waals surface area (Å²) >= 11 is 3.50.